The van der Waals surface area contributed by atoms with E-state index in [-0.39, 0.29) is 18.9 Å². The van der Waals surface area contributed by atoms with Gasteiger partial charge in [-0.15, -0.1) is 0 Å². The van der Waals surface area contributed by atoms with Gasteiger partial charge in [-0.05, 0) is 70.6 Å². The number of carbonyl (C=O) groups is 1. The molecule has 79 heavy (non-hydrogen) atoms. The second-order valence-corrected chi connectivity index (χ2v) is 21.4. The molecule has 17 unspecified atom stereocenters. The van der Waals surface area contributed by atoms with Gasteiger partial charge in [0.15, 0.2) is 18.9 Å². The molecule has 0 saturated carbocycles. The predicted molar refractivity (Wildman–Crippen MR) is 300 cm³/mol. The number of unbranched alkanes of at least 4 members (excludes halogenated alkanes) is 19. The predicted octanol–water partition coefficient (Wildman–Crippen LogP) is 5.26. The molecule has 17 atom stereocenters. The first kappa shape index (κ1) is 70.8. The van der Waals surface area contributed by atoms with Crippen molar-refractivity contribution < 1.29 is 89.4 Å². The van der Waals surface area contributed by atoms with Crippen LogP contribution in [0.1, 0.15) is 181 Å². The molecule has 0 aromatic carbocycles. The standard InChI is InChI=1S/C60H105NO18/c1-3-5-7-9-11-13-15-17-18-19-20-21-22-23-24-26-28-30-32-34-36-38-48(66)61-43(44(65)37-35-33-31-29-27-25-16-14-12-10-8-6-4-2)42-74-58-54(72)51(69)56(46(40-63)76-58)79-60-55(73)52(70)57(47(41-64)77-60)78-59-53(71)50(68)49(67)45(39-62)75-59/h15,17,19-20,22-23,27,29,35,37,43-47,49-60,62-65,67-73H,3-14,16,18,21,24-26,28,30-34,36,38-42H2,1-2H3,(H,61,66)/b17-15-,20-19-,23-22-,29-27+,37-35+. The van der Waals surface area contributed by atoms with Gasteiger partial charge in [-0.2, -0.15) is 0 Å². The van der Waals surface area contributed by atoms with Crippen LogP contribution in [0.15, 0.2) is 60.8 Å². The number of hydrogen-bond acceptors (Lipinski definition) is 18. The van der Waals surface area contributed by atoms with Crippen molar-refractivity contribution in [1.82, 2.24) is 5.32 Å². The van der Waals surface area contributed by atoms with Crippen LogP contribution in [0.3, 0.4) is 0 Å². The summed E-state index contributed by atoms with van der Waals surface area (Å²) in [6.07, 6.45) is 22.0. The lowest BCUT2D eigenvalue weighted by atomic mass is 9.96. The zero-order valence-electron chi connectivity index (χ0n) is 47.6. The van der Waals surface area contributed by atoms with Gasteiger partial charge in [0.1, 0.15) is 73.2 Å². The third kappa shape index (κ3) is 27.2. The zero-order valence-corrected chi connectivity index (χ0v) is 47.6. The maximum Gasteiger partial charge on any atom is 0.220 e. The molecule has 0 radical (unpaired) electrons. The van der Waals surface area contributed by atoms with Gasteiger partial charge in [0.25, 0.3) is 0 Å². The summed E-state index contributed by atoms with van der Waals surface area (Å²) >= 11 is 0. The Kier molecular flexibility index (Phi) is 38.7. The Hall–Kier alpha value is -2.51. The van der Waals surface area contributed by atoms with E-state index in [0.29, 0.717) is 12.8 Å². The number of amides is 1. The molecule has 458 valence electrons. The molecule has 0 aromatic rings. The first-order valence-corrected chi connectivity index (χ1v) is 30.0. The Labute approximate surface area is 471 Å². The molecule has 0 aliphatic carbocycles. The minimum absolute atomic E-state index is 0.218. The van der Waals surface area contributed by atoms with Crippen molar-refractivity contribution in [2.45, 2.75) is 285 Å². The van der Waals surface area contributed by atoms with E-state index in [1.807, 2.05) is 6.08 Å². The highest BCUT2D eigenvalue weighted by molar-refractivity contribution is 5.76. The van der Waals surface area contributed by atoms with Crippen LogP contribution in [-0.2, 0) is 33.2 Å². The van der Waals surface area contributed by atoms with Crippen LogP contribution < -0.4 is 5.32 Å². The number of carbonyl (C=O) groups excluding carboxylic acids is 1. The number of hydrogen-bond donors (Lipinski definition) is 12. The highest BCUT2D eigenvalue weighted by Gasteiger charge is 2.53. The lowest BCUT2D eigenvalue weighted by Crippen LogP contribution is -2.66. The van der Waals surface area contributed by atoms with Gasteiger partial charge < -0.3 is 89.9 Å². The molecule has 19 nitrogen and oxygen atoms in total. The summed E-state index contributed by atoms with van der Waals surface area (Å²) in [6, 6.07) is -0.998. The molecule has 1 amide bonds. The number of allylic oxidation sites excluding steroid dienone is 9. The summed E-state index contributed by atoms with van der Waals surface area (Å²) in [5, 5.41) is 120. The molecule has 3 aliphatic rings. The van der Waals surface area contributed by atoms with Crippen LogP contribution in [0.4, 0.5) is 0 Å². The Bertz CT molecular complexity index is 1680. The third-order valence-electron chi connectivity index (χ3n) is 14.8. The van der Waals surface area contributed by atoms with Crippen molar-refractivity contribution in [3.8, 4) is 0 Å². The smallest absolute Gasteiger partial charge is 0.220 e. The van der Waals surface area contributed by atoms with Crippen LogP contribution in [-0.4, -0.2) is 193 Å². The van der Waals surface area contributed by atoms with Crippen molar-refractivity contribution in [2.24, 2.45) is 0 Å². The van der Waals surface area contributed by atoms with Gasteiger partial charge in [-0.25, -0.2) is 0 Å². The maximum absolute atomic E-state index is 13.3. The zero-order chi connectivity index (χ0) is 57.6. The van der Waals surface area contributed by atoms with Crippen LogP contribution in [0.25, 0.3) is 0 Å². The van der Waals surface area contributed by atoms with E-state index < -0.39 is 124 Å². The van der Waals surface area contributed by atoms with Crippen LogP contribution in [0.5, 0.6) is 0 Å². The summed E-state index contributed by atoms with van der Waals surface area (Å²) in [4.78, 5) is 13.3. The Morgan fingerprint density at radius 2 is 0.848 bits per heavy atom. The third-order valence-corrected chi connectivity index (χ3v) is 14.8. The van der Waals surface area contributed by atoms with E-state index in [9.17, 15) is 61.0 Å². The topological polar surface area (TPSA) is 307 Å². The minimum atomic E-state index is -1.98. The van der Waals surface area contributed by atoms with E-state index in [2.05, 4.69) is 67.8 Å². The molecule has 0 aromatic heterocycles. The molecule has 0 spiro atoms. The molecule has 3 aliphatic heterocycles. The fourth-order valence-corrected chi connectivity index (χ4v) is 9.80. The summed E-state index contributed by atoms with van der Waals surface area (Å²) in [7, 11) is 0. The first-order chi connectivity index (χ1) is 38.3. The maximum atomic E-state index is 13.3. The number of aliphatic hydroxyl groups excluding tert-OH is 11. The quantitative estimate of drug-likeness (QED) is 0.0274. The second kappa shape index (κ2) is 43.2. The van der Waals surface area contributed by atoms with E-state index >= 15 is 0 Å². The van der Waals surface area contributed by atoms with Gasteiger partial charge in [-0.3, -0.25) is 4.79 Å². The van der Waals surface area contributed by atoms with Crippen LogP contribution >= 0.6 is 0 Å². The van der Waals surface area contributed by atoms with Crippen LogP contribution in [0.2, 0.25) is 0 Å². The van der Waals surface area contributed by atoms with Crippen molar-refractivity contribution >= 4 is 5.91 Å². The highest BCUT2D eigenvalue weighted by atomic mass is 16.8. The van der Waals surface area contributed by atoms with E-state index in [0.717, 1.165) is 70.6 Å². The van der Waals surface area contributed by atoms with E-state index in [4.69, 9.17) is 28.4 Å². The number of nitrogens with one attached hydrogen (secondary N) is 1. The monoisotopic (exact) mass is 1130 g/mol. The fourth-order valence-electron chi connectivity index (χ4n) is 9.80. The summed E-state index contributed by atoms with van der Waals surface area (Å²) in [5.74, 6) is -0.301. The number of rotatable bonds is 43. The van der Waals surface area contributed by atoms with E-state index in [1.54, 1.807) is 6.08 Å². The second-order valence-electron chi connectivity index (χ2n) is 21.4. The molecular weight excluding hydrogens is 1020 g/mol. The SMILES string of the molecule is CCCCCCC/C=C\C/C=C\C/C=C\CCCCCCCCC(=O)NC(COC1OC(CO)C(OC2OC(CO)C(OC3OC(CO)C(O)C(O)C3O)C(O)C2O)C(O)C1O)C(O)/C=C/CC/C=C/CCCCCCCCC. The van der Waals surface area contributed by atoms with Crippen molar-refractivity contribution in [1.29, 1.82) is 0 Å². The molecule has 0 bridgehead atoms. The lowest BCUT2D eigenvalue weighted by molar-refractivity contribution is -0.379. The van der Waals surface area contributed by atoms with Crippen LogP contribution in [0, 0.1) is 0 Å². The molecule has 12 N–H and O–H groups in total. The fraction of sp³-hybridized carbons (Fsp3) is 0.817. The summed E-state index contributed by atoms with van der Waals surface area (Å²) < 4.78 is 34.2. The van der Waals surface area contributed by atoms with Crippen molar-refractivity contribution in [2.75, 3.05) is 26.4 Å². The first-order valence-electron chi connectivity index (χ1n) is 30.0. The average molecular weight is 1130 g/mol. The van der Waals surface area contributed by atoms with Gasteiger partial charge in [0.05, 0.1) is 38.6 Å². The lowest BCUT2D eigenvalue weighted by Gasteiger charge is -2.48. The van der Waals surface area contributed by atoms with Gasteiger partial charge in [-0.1, -0.05) is 164 Å². The highest BCUT2D eigenvalue weighted by Crippen LogP contribution is 2.33. The Morgan fingerprint density at radius 3 is 1.35 bits per heavy atom. The molecular formula is C60H105NO18. The number of ether oxygens (including phenoxy) is 6. The van der Waals surface area contributed by atoms with Gasteiger partial charge in [0.2, 0.25) is 5.91 Å². The van der Waals surface area contributed by atoms with Crippen molar-refractivity contribution in [3.63, 3.8) is 0 Å². The van der Waals surface area contributed by atoms with Gasteiger partial charge >= 0.3 is 0 Å². The molecule has 3 saturated heterocycles. The normalized spacial score (nSPS) is 30.7. The summed E-state index contributed by atoms with van der Waals surface area (Å²) in [6.45, 7) is 1.65. The number of aliphatic hydroxyl groups is 11. The average Bonchev–Trinajstić information content (AvgIpc) is 3.45. The largest absolute Gasteiger partial charge is 0.394 e. The molecule has 19 heteroatoms. The van der Waals surface area contributed by atoms with Gasteiger partial charge in [0, 0.05) is 6.42 Å². The Morgan fingerprint density at radius 1 is 0.456 bits per heavy atom. The molecule has 3 rings (SSSR count). The minimum Gasteiger partial charge on any atom is -0.394 e. The summed E-state index contributed by atoms with van der Waals surface area (Å²) in [5.41, 5.74) is 0. The molecule has 3 heterocycles. The van der Waals surface area contributed by atoms with E-state index in [1.165, 1.54) is 77.0 Å². The van der Waals surface area contributed by atoms with Crippen molar-refractivity contribution in [3.05, 3.63) is 60.8 Å². The Balaban J connectivity index is 1.51. The molecule has 3 fully saturated rings.